The third-order valence-electron chi connectivity index (χ3n) is 10.3. The summed E-state index contributed by atoms with van der Waals surface area (Å²) in [5.41, 5.74) is 0. The maximum Gasteiger partial charge on any atom is 0.306 e. The summed E-state index contributed by atoms with van der Waals surface area (Å²) in [6, 6.07) is 0. The van der Waals surface area contributed by atoms with E-state index in [4.69, 9.17) is 14.2 Å². The summed E-state index contributed by atoms with van der Waals surface area (Å²) in [4.78, 5) is 37.6. The van der Waals surface area contributed by atoms with E-state index in [-0.39, 0.29) is 31.1 Å². The van der Waals surface area contributed by atoms with Gasteiger partial charge in [-0.2, -0.15) is 0 Å². The smallest absolute Gasteiger partial charge is 0.306 e. The van der Waals surface area contributed by atoms with Crippen LogP contribution in [0.15, 0.2) is 0 Å². The fourth-order valence-corrected chi connectivity index (χ4v) is 6.54. The lowest BCUT2D eigenvalue weighted by molar-refractivity contribution is -0.167. The molecular weight excluding hydrogens is 636 g/mol. The van der Waals surface area contributed by atoms with Crippen molar-refractivity contribution in [2.24, 2.45) is 11.8 Å². The van der Waals surface area contributed by atoms with Crippen LogP contribution in [0.4, 0.5) is 0 Å². The molecule has 6 nitrogen and oxygen atoms in total. The van der Waals surface area contributed by atoms with Gasteiger partial charge < -0.3 is 14.2 Å². The van der Waals surface area contributed by atoms with Gasteiger partial charge in [0.05, 0.1) is 0 Å². The van der Waals surface area contributed by atoms with Crippen LogP contribution in [0.3, 0.4) is 0 Å². The van der Waals surface area contributed by atoms with Crippen LogP contribution in [0.1, 0.15) is 240 Å². The van der Waals surface area contributed by atoms with E-state index in [1.165, 1.54) is 128 Å². The van der Waals surface area contributed by atoms with Gasteiger partial charge in [-0.3, -0.25) is 14.4 Å². The highest BCUT2D eigenvalue weighted by Crippen LogP contribution is 2.17. The van der Waals surface area contributed by atoms with E-state index in [0.717, 1.165) is 69.6 Å². The van der Waals surface area contributed by atoms with Crippen LogP contribution in [0.25, 0.3) is 0 Å². The number of hydrogen-bond donors (Lipinski definition) is 0. The van der Waals surface area contributed by atoms with Crippen molar-refractivity contribution in [2.45, 2.75) is 246 Å². The largest absolute Gasteiger partial charge is 0.462 e. The van der Waals surface area contributed by atoms with Crippen molar-refractivity contribution in [3.05, 3.63) is 0 Å². The average molecular weight is 723 g/mol. The lowest BCUT2D eigenvalue weighted by Crippen LogP contribution is -2.30. The van der Waals surface area contributed by atoms with Crippen LogP contribution in [0.2, 0.25) is 0 Å². The number of esters is 3. The Morgan fingerprint density at radius 1 is 0.412 bits per heavy atom. The van der Waals surface area contributed by atoms with Gasteiger partial charge in [-0.15, -0.1) is 0 Å². The second kappa shape index (κ2) is 38.1. The van der Waals surface area contributed by atoms with Gasteiger partial charge in [0, 0.05) is 19.3 Å². The molecule has 0 aliphatic heterocycles. The summed E-state index contributed by atoms with van der Waals surface area (Å²) < 4.78 is 16.7. The summed E-state index contributed by atoms with van der Waals surface area (Å²) in [5, 5.41) is 0. The monoisotopic (exact) mass is 723 g/mol. The third-order valence-corrected chi connectivity index (χ3v) is 10.3. The number of unbranched alkanes of at least 4 members (excludes halogenated alkanes) is 23. The molecule has 0 aromatic carbocycles. The van der Waals surface area contributed by atoms with Crippen molar-refractivity contribution in [2.75, 3.05) is 13.2 Å². The molecule has 0 aromatic heterocycles. The van der Waals surface area contributed by atoms with Gasteiger partial charge in [-0.25, -0.2) is 0 Å². The van der Waals surface area contributed by atoms with E-state index in [9.17, 15) is 14.4 Å². The van der Waals surface area contributed by atoms with Gasteiger partial charge in [0.1, 0.15) is 13.2 Å². The molecule has 302 valence electrons. The van der Waals surface area contributed by atoms with Crippen LogP contribution in [-0.4, -0.2) is 37.2 Å². The maximum absolute atomic E-state index is 12.7. The van der Waals surface area contributed by atoms with Crippen molar-refractivity contribution in [1.29, 1.82) is 0 Å². The molecule has 0 fully saturated rings. The predicted molar refractivity (Wildman–Crippen MR) is 215 cm³/mol. The summed E-state index contributed by atoms with van der Waals surface area (Å²) >= 11 is 0. The Kier molecular flexibility index (Phi) is 37.0. The topological polar surface area (TPSA) is 78.9 Å². The first kappa shape index (κ1) is 49.4. The Morgan fingerprint density at radius 2 is 0.745 bits per heavy atom. The van der Waals surface area contributed by atoms with Crippen molar-refractivity contribution >= 4 is 17.9 Å². The van der Waals surface area contributed by atoms with Gasteiger partial charge in [0.15, 0.2) is 6.10 Å². The molecule has 0 aliphatic carbocycles. The molecule has 0 aliphatic rings. The Hall–Kier alpha value is -1.59. The van der Waals surface area contributed by atoms with Gasteiger partial charge in [-0.05, 0) is 31.1 Å². The lowest BCUT2D eigenvalue weighted by Gasteiger charge is -2.18. The Labute approximate surface area is 317 Å². The van der Waals surface area contributed by atoms with Crippen molar-refractivity contribution in [1.82, 2.24) is 0 Å². The predicted octanol–water partition coefficient (Wildman–Crippen LogP) is 13.8. The molecule has 0 bridgehead atoms. The Morgan fingerprint density at radius 3 is 1.12 bits per heavy atom. The first-order valence-electron chi connectivity index (χ1n) is 22.3. The molecule has 0 N–H and O–H groups in total. The molecule has 0 spiro atoms. The van der Waals surface area contributed by atoms with Crippen molar-refractivity contribution < 1.29 is 28.6 Å². The van der Waals surface area contributed by atoms with Crippen LogP contribution in [0, 0.1) is 11.8 Å². The molecule has 0 rings (SSSR count). The van der Waals surface area contributed by atoms with Gasteiger partial charge >= 0.3 is 17.9 Å². The van der Waals surface area contributed by atoms with Crippen LogP contribution >= 0.6 is 0 Å². The molecule has 0 heterocycles. The van der Waals surface area contributed by atoms with E-state index in [0.29, 0.717) is 19.3 Å². The highest BCUT2D eigenvalue weighted by molar-refractivity contribution is 5.71. The zero-order valence-electron chi connectivity index (χ0n) is 34.7. The molecule has 0 amide bonds. The third kappa shape index (κ3) is 38.0. The minimum absolute atomic E-state index is 0.0659. The normalized spacial score (nSPS) is 12.6. The first-order chi connectivity index (χ1) is 24.8. The number of ether oxygens (including phenoxy) is 3. The molecule has 51 heavy (non-hydrogen) atoms. The quantitative estimate of drug-likeness (QED) is 0.0357. The molecule has 1 unspecified atom stereocenters. The standard InChI is InChI=1S/C45H86O6/c1-6-8-9-10-11-12-16-19-25-30-35-43(46)49-38-42(39-50-44(47)36-31-26-22-21-23-28-33-40(3)4)51-45(48)37-32-27-20-17-14-13-15-18-24-29-34-41(5)7-2/h40-42H,6-39H2,1-5H3/t41?,42-/m0/s1. The molecule has 2 atom stereocenters. The van der Waals surface area contributed by atoms with E-state index in [1.807, 2.05) is 0 Å². The summed E-state index contributed by atoms with van der Waals surface area (Å²) in [7, 11) is 0. The second-order valence-electron chi connectivity index (χ2n) is 16.1. The van der Waals surface area contributed by atoms with Crippen molar-refractivity contribution in [3.8, 4) is 0 Å². The van der Waals surface area contributed by atoms with Gasteiger partial charge in [0.25, 0.3) is 0 Å². The lowest BCUT2D eigenvalue weighted by atomic mass is 9.99. The van der Waals surface area contributed by atoms with E-state index in [2.05, 4.69) is 34.6 Å². The van der Waals surface area contributed by atoms with Crippen LogP contribution in [0.5, 0.6) is 0 Å². The summed E-state index contributed by atoms with van der Waals surface area (Å²) in [6.45, 7) is 11.3. The summed E-state index contributed by atoms with van der Waals surface area (Å²) in [5.74, 6) is 0.766. The Bertz CT molecular complexity index is 781. The number of rotatable bonds is 39. The highest BCUT2D eigenvalue weighted by atomic mass is 16.6. The average Bonchev–Trinajstić information content (AvgIpc) is 3.11. The highest BCUT2D eigenvalue weighted by Gasteiger charge is 2.19. The minimum atomic E-state index is -0.760. The second-order valence-corrected chi connectivity index (χ2v) is 16.1. The zero-order chi connectivity index (χ0) is 37.6. The van der Waals surface area contributed by atoms with E-state index >= 15 is 0 Å². The number of carbonyl (C=O) groups is 3. The maximum atomic E-state index is 12.7. The molecule has 0 saturated carbocycles. The van der Waals surface area contributed by atoms with Crippen LogP contribution < -0.4 is 0 Å². The SMILES string of the molecule is CCCCCCCCCCCCC(=O)OC[C@@H](COC(=O)CCCCCCCCC(C)C)OC(=O)CCCCCCCCCCCCC(C)CC. The van der Waals surface area contributed by atoms with E-state index in [1.54, 1.807) is 0 Å². The number of hydrogen-bond acceptors (Lipinski definition) is 6. The van der Waals surface area contributed by atoms with Gasteiger partial charge in [0.2, 0.25) is 0 Å². The fourth-order valence-electron chi connectivity index (χ4n) is 6.54. The van der Waals surface area contributed by atoms with Gasteiger partial charge in [-0.1, -0.05) is 202 Å². The number of carbonyl (C=O) groups excluding carboxylic acids is 3. The molecule has 0 saturated heterocycles. The fraction of sp³-hybridized carbons (Fsp3) is 0.933. The molecular formula is C45H86O6. The Balaban J connectivity index is 4.33. The molecule has 6 heteroatoms. The molecule has 0 aromatic rings. The van der Waals surface area contributed by atoms with E-state index < -0.39 is 6.10 Å². The zero-order valence-corrected chi connectivity index (χ0v) is 34.7. The van der Waals surface area contributed by atoms with Crippen molar-refractivity contribution in [3.63, 3.8) is 0 Å². The summed E-state index contributed by atoms with van der Waals surface area (Å²) in [6.07, 6.45) is 35.2. The van der Waals surface area contributed by atoms with Crippen LogP contribution in [-0.2, 0) is 28.6 Å². The first-order valence-corrected chi connectivity index (χ1v) is 22.3. The molecule has 0 radical (unpaired) electrons. The minimum Gasteiger partial charge on any atom is -0.462 e.